The molecular formula is C5H8NO2. The number of amides is 1. The average molecular weight is 114 g/mol. The van der Waals surface area contributed by atoms with Crippen LogP contribution in [0.15, 0.2) is 12.7 Å². The summed E-state index contributed by atoms with van der Waals surface area (Å²) < 4.78 is 4.28. The van der Waals surface area contributed by atoms with Crippen molar-refractivity contribution >= 4 is 5.91 Å². The van der Waals surface area contributed by atoms with Gasteiger partial charge in [0.2, 0.25) is 5.91 Å². The summed E-state index contributed by atoms with van der Waals surface area (Å²) in [5, 5.41) is 2.34. The summed E-state index contributed by atoms with van der Waals surface area (Å²) in [6, 6.07) is 0. The van der Waals surface area contributed by atoms with E-state index in [2.05, 4.69) is 23.7 Å². The second-order valence-corrected chi connectivity index (χ2v) is 1.09. The average Bonchev–Trinajstić information content (AvgIpc) is 1.83. The van der Waals surface area contributed by atoms with Gasteiger partial charge in [0.25, 0.3) is 0 Å². The molecule has 0 aliphatic rings. The van der Waals surface area contributed by atoms with Crippen LogP contribution in [0, 0.1) is 7.11 Å². The molecule has 0 aliphatic carbocycles. The summed E-state index contributed by atoms with van der Waals surface area (Å²) >= 11 is 0. The van der Waals surface area contributed by atoms with Gasteiger partial charge in [-0.3, -0.25) is 4.79 Å². The molecule has 3 nitrogen and oxygen atoms in total. The molecule has 0 heterocycles. The summed E-state index contributed by atoms with van der Waals surface area (Å²) in [4.78, 5) is 10.2. The summed E-state index contributed by atoms with van der Waals surface area (Å²) in [6.07, 6.45) is 1.17. The van der Waals surface area contributed by atoms with Gasteiger partial charge in [-0.05, 0) is 6.08 Å². The van der Waals surface area contributed by atoms with Crippen LogP contribution in [0.5, 0.6) is 0 Å². The first-order chi connectivity index (χ1) is 3.81. The van der Waals surface area contributed by atoms with Crippen molar-refractivity contribution in [3.05, 3.63) is 19.8 Å². The van der Waals surface area contributed by atoms with Gasteiger partial charge in [-0.1, -0.05) is 6.58 Å². The van der Waals surface area contributed by atoms with Crippen LogP contribution in [0.1, 0.15) is 0 Å². The fourth-order valence-corrected chi connectivity index (χ4v) is 0.194. The summed E-state index contributed by atoms with van der Waals surface area (Å²) in [6.45, 7) is 3.36. The van der Waals surface area contributed by atoms with E-state index in [0.29, 0.717) is 0 Å². The lowest BCUT2D eigenvalue weighted by molar-refractivity contribution is -0.117. The lowest BCUT2D eigenvalue weighted by atomic mass is 10.6. The predicted molar refractivity (Wildman–Crippen MR) is 29.6 cm³/mol. The minimum absolute atomic E-state index is 0.130. The summed E-state index contributed by atoms with van der Waals surface area (Å²) in [5.74, 6) is -0.256. The van der Waals surface area contributed by atoms with Crippen molar-refractivity contribution in [1.29, 1.82) is 0 Å². The molecule has 0 bridgehead atoms. The molecule has 3 heteroatoms. The highest BCUT2D eigenvalue weighted by Crippen LogP contribution is 1.65. The molecule has 0 spiro atoms. The molecule has 0 aliphatic heterocycles. The second kappa shape index (κ2) is 4.33. The third kappa shape index (κ3) is 3.36. The number of ether oxygens (including phenoxy) is 1. The predicted octanol–water partition coefficient (Wildman–Crippen LogP) is 0.0543. The summed E-state index contributed by atoms with van der Waals surface area (Å²) in [5.41, 5.74) is 0. The molecular weight excluding hydrogens is 106 g/mol. The van der Waals surface area contributed by atoms with E-state index < -0.39 is 0 Å². The van der Waals surface area contributed by atoms with E-state index >= 15 is 0 Å². The monoisotopic (exact) mass is 114 g/mol. The normalized spacial score (nSPS) is 8.12. The first-order valence-corrected chi connectivity index (χ1v) is 2.08. The second-order valence-electron chi connectivity index (χ2n) is 1.09. The fourth-order valence-electron chi connectivity index (χ4n) is 0.194. The highest BCUT2D eigenvalue weighted by atomic mass is 16.5. The quantitative estimate of drug-likeness (QED) is 0.416. The number of carbonyl (C=O) groups excluding carboxylic acids is 1. The highest BCUT2D eigenvalue weighted by molar-refractivity contribution is 5.86. The van der Waals surface area contributed by atoms with Gasteiger partial charge < -0.3 is 10.1 Å². The minimum atomic E-state index is -0.256. The molecule has 45 valence electrons. The Morgan fingerprint density at radius 2 is 2.50 bits per heavy atom. The maximum absolute atomic E-state index is 10.2. The zero-order chi connectivity index (χ0) is 6.41. The van der Waals surface area contributed by atoms with Crippen LogP contribution in [0.4, 0.5) is 0 Å². The zero-order valence-corrected chi connectivity index (χ0v) is 4.52. The van der Waals surface area contributed by atoms with Gasteiger partial charge in [0.1, 0.15) is 6.73 Å². The maximum atomic E-state index is 10.2. The van der Waals surface area contributed by atoms with E-state index in [4.69, 9.17) is 0 Å². The smallest absolute Gasteiger partial charge is 0.245 e. The molecule has 0 rings (SSSR count). The van der Waals surface area contributed by atoms with Crippen LogP contribution in [-0.2, 0) is 9.53 Å². The SMILES string of the molecule is [CH2]OCNC(=O)C=C. The van der Waals surface area contributed by atoms with E-state index in [9.17, 15) is 4.79 Å². The van der Waals surface area contributed by atoms with Crippen LogP contribution < -0.4 is 5.32 Å². The van der Waals surface area contributed by atoms with E-state index in [1.807, 2.05) is 0 Å². The molecule has 0 atom stereocenters. The van der Waals surface area contributed by atoms with E-state index in [0.717, 1.165) is 0 Å². The Morgan fingerprint density at radius 1 is 1.88 bits per heavy atom. The van der Waals surface area contributed by atoms with Crippen molar-refractivity contribution in [2.45, 2.75) is 0 Å². The van der Waals surface area contributed by atoms with Crippen molar-refractivity contribution in [3.63, 3.8) is 0 Å². The Balaban J connectivity index is 3.11. The van der Waals surface area contributed by atoms with Crippen LogP contribution in [0.2, 0.25) is 0 Å². The molecule has 8 heavy (non-hydrogen) atoms. The van der Waals surface area contributed by atoms with Crippen LogP contribution in [0.3, 0.4) is 0 Å². The third-order valence-corrected chi connectivity index (χ3v) is 0.534. The van der Waals surface area contributed by atoms with Crippen molar-refractivity contribution < 1.29 is 9.53 Å². The number of hydrogen-bond donors (Lipinski definition) is 1. The molecule has 1 amide bonds. The van der Waals surface area contributed by atoms with Gasteiger partial charge >= 0.3 is 0 Å². The minimum Gasteiger partial charge on any atom is -0.359 e. The van der Waals surface area contributed by atoms with E-state index in [1.54, 1.807) is 0 Å². The number of hydrogen-bond acceptors (Lipinski definition) is 2. The Bertz CT molecular complexity index is 90.4. The molecule has 0 saturated carbocycles. The fraction of sp³-hybridized carbons (Fsp3) is 0.200. The largest absolute Gasteiger partial charge is 0.359 e. The third-order valence-electron chi connectivity index (χ3n) is 0.534. The van der Waals surface area contributed by atoms with Crippen molar-refractivity contribution in [1.82, 2.24) is 5.32 Å². The van der Waals surface area contributed by atoms with Gasteiger partial charge in [0.05, 0.1) is 7.11 Å². The Morgan fingerprint density at radius 3 is 2.88 bits per heavy atom. The van der Waals surface area contributed by atoms with Crippen molar-refractivity contribution in [3.8, 4) is 0 Å². The van der Waals surface area contributed by atoms with Crippen molar-refractivity contribution in [2.24, 2.45) is 0 Å². The molecule has 1 N–H and O–H groups in total. The van der Waals surface area contributed by atoms with Gasteiger partial charge in [-0.2, -0.15) is 0 Å². The molecule has 0 aromatic heterocycles. The lowest BCUT2D eigenvalue weighted by Gasteiger charge is -1.95. The van der Waals surface area contributed by atoms with Gasteiger partial charge in [-0.25, -0.2) is 0 Å². The van der Waals surface area contributed by atoms with Gasteiger partial charge in [0.15, 0.2) is 0 Å². The Kier molecular flexibility index (Phi) is 3.88. The molecule has 0 aromatic rings. The topological polar surface area (TPSA) is 38.3 Å². The maximum Gasteiger partial charge on any atom is 0.245 e. The van der Waals surface area contributed by atoms with Crippen LogP contribution >= 0.6 is 0 Å². The first kappa shape index (κ1) is 7.17. The van der Waals surface area contributed by atoms with Gasteiger partial charge in [0, 0.05) is 0 Å². The molecule has 1 radical (unpaired) electrons. The van der Waals surface area contributed by atoms with Crippen LogP contribution in [-0.4, -0.2) is 12.6 Å². The molecule has 0 aromatic carbocycles. The number of carbonyl (C=O) groups is 1. The summed E-state index contributed by atoms with van der Waals surface area (Å²) in [7, 11) is 3.04. The number of rotatable bonds is 3. The first-order valence-electron chi connectivity index (χ1n) is 2.08. The molecule has 0 saturated heterocycles. The number of nitrogens with one attached hydrogen (secondary N) is 1. The Labute approximate surface area is 48.3 Å². The highest BCUT2D eigenvalue weighted by Gasteiger charge is 1.86. The lowest BCUT2D eigenvalue weighted by Crippen LogP contribution is -2.22. The van der Waals surface area contributed by atoms with Crippen LogP contribution in [0.25, 0.3) is 0 Å². The van der Waals surface area contributed by atoms with E-state index in [1.165, 1.54) is 6.08 Å². The Hall–Kier alpha value is -0.830. The molecule has 0 fully saturated rings. The molecule has 0 unspecified atom stereocenters. The van der Waals surface area contributed by atoms with Crippen molar-refractivity contribution in [2.75, 3.05) is 6.73 Å². The van der Waals surface area contributed by atoms with E-state index in [-0.39, 0.29) is 12.6 Å². The standard InChI is InChI=1S/C5H8NO2/c1-3-5(7)6-4-8-2/h3H,1-2,4H2,(H,6,7). The van der Waals surface area contributed by atoms with Gasteiger partial charge in [-0.15, -0.1) is 0 Å². The zero-order valence-electron chi connectivity index (χ0n) is 4.52.